The molecule has 0 aromatic rings. The number of amides is 1. The highest BCUT2D eigenvalue weighted by molar-refractivity contribution is 7.47. The van der Waals surface area contributed by atoms with E-state index in [0.717, 1.165) is 57.8 Å². The smallest absolute Gasteiger partial charge is 0.393 e. The van der Waals surface area contributed by atoms with Gasteiger partial charge >= 0.3 is 7.82 Å². The molecule has 71 heavy (non-hydrogen) atoms. The number of hydrogen-bond donors (Lipinski definition) is 9. The highest BCUT2D eigenvalue weighted by atomic mass is 31.2. The molecule has 0 aromatic heterocycles. The van der Waals surface area contributed by atoms with Crippen LogP contribution in [0.2, 0.25) is 0 Å². The lowest BCUT2D eigenvalue weighted by atomic mass is 9.85. The molecule has 0 bridgehead atoms. The van der Waals surface area contributed by atoms with Gasteiger partial charge < -0.3 is 46.0 Å². The van der Waals surface area contributed by atoms with Crippen molar-refractivity contribution < 1.29 is 59.0 Å². The van der Waals surface area contributed by atoms with Gasteiger partial charge in [-0.3, -0.25) is 13.8 Å². The van der Waals surface area contributed by atoms with Gasteiger partial charge in [-0.25, -0.2) is 4.57 Å². The minimum Gasteiger partial charge on any atom is -0.393 e. The van der Waals surface area contributed by atoms with E-state index >= 15 is 0 Å². The Labute approximate surface area is 431 Å². The molecule has 0 radical (unpaired) electrons. The highest BCUT2D eigenvalue weighted by Gasteiger charge is 2.51. The number of nitrogens with one attached hydrogen (secondary N) is 1. The maximum absolute atomic E-state index is 13.0. The van der Waals surface area contributed by atoms with Gasteiger partial charge in [-0.15, -0.1) is 0 Å². The van der Waals surface area contributed by atoms with Gasteiger partial charge in [0.15, 0.2) is 0 Å². The van der Waals surface area contributed by atoms with Gasteiger partial charge in [0.1, 0.15) is 36.6 Å². The van der Waals surface area contributed by atoms with Crippen LogP contribution in [-0.4, -0.2) is 108 Å². The highest BCUT2D eigenvalue weighted by Crippen LogP contribution is 2.47. The van der Waals surface area contributed by atoms with E-state index < -0.39 is 75.2 Å². The van der Waals surface area contributed by atoms with Gasteiger partial charge in [0, 0.05) is 0 Å². The number of carbonyl (C=O) groups is 1. The summed E-state index contributed by atoms with van der Waals surface area (Å²) in [6.07, 6.45) is 44.2. The first-order valence-corrected chi connectivity index (χ1v) is 30.2. The SMILES string of the molecule is CCCC/C=C/CC/C=C/C(O)C(COP(=O)(O)OC1C(O)C(O)C(O)C(O)C1O)NC(=O)CC(O)CCCCCCCCCCCCCCCCC/C=C\C/C=C\CCCCCCCCCCCCC. The van der Waals surface area contributed by atoms with Gasteiger partial charge in [-0.2, -0.15) is 0 Å². The molecule has 0 aliphatic heterocycles. The van der Waals surface area contributed by atoms with Crippen LogP contribution in [0.5, 0.6) is 0 Å². The van der Waals surface area contributed by atoms with Crippen molar-refractivity contribution in [1.82, 2.24) is 5.32 Å². The second-order valence-electron chi connectivity index (χ2n) is 20.3. The van der Waals surface area contributed by atoms with E-state index in [4.69, 9.17) is 9.05 Å². The van der Waals surface area contributed by atoms with Crippen molar-refractivity contribution in [2.45, 2.75) is 300 Å². The van der Waals surface area contributed by atoms with Crippen molar-refractivity contribution in [2.24, 2.45) is 0 Å². The molecule has 1 saturated carbocycles. The molecule has 0 spiro atoms. The molecule has 416 valence electrons. The lowest BCUT2D eigenvalue weighted by molar-refractivity contribution is -0.220. The monoisotopic (exact) mass is 1030 g/mol. The zero-order valence-electron chi connectivity index (χ0n) is 44.6. The largest absolute Gasteiger partial charge is 0.472 e. The third-order valence-electron chi connectivity index (χ3n) is 13.6. The Morgan fingerprint density at radius 2 is 0.887 bits per heavy atom. The molecule has 13 nitrogen and oxygen atoms in total. The average molecular weight is 1030 g/mol. The number of phosphoric acid groups is 1. The minimum atomic E-state index is -5.15. The van der Waals surface area contributed by atoms with Crippen LogP contribution in [0.3, 0.4) is 0 Å². The summed E-state index contributed by atoms with van der Waals surface area (Å²) < 4.78 is 22.8. The fraction of sp³-hybridized carbons (Fsp3) is 0.842. The second-order valence-corrected chi connectivity index (χ2v) is 21.7. The Morgan fingerprint density at radius 1 is 0.507 bits per heavy atom. The number of carbonyl (C=O) groups excluding carboxylic acids is 1. The molecule has 0 aromatic carbocycles. The summed E-state index contributed by atoms with van der Waals surface area (Å²) >= 11 is 0. The van der Waals surface area contributed by atoms with Crippen molar-refractivity contribution >= 4 is 13.7 Å². The third kappa shape index (κ3) is 36.8. The van der Waals surface area contributed by atoms with Crippen molar-refractivity contribution in [3.05, 3.63) is 48.6 Å². The van der Waals surface area contributed by atoms with Gasteiger partial charge in [0.05, 0.1) is 31.3 Å². The van der Waals surface area contributed by atoms with Crippen LogP contribution in [0, 0.1) is 0 Å². The van der Waals surface area contributed by atoms with Crippen LogP contribution >= 0.6 is 7.82 Å². The number of phosphoric ester groups is 1. The van der Waals surface area contributed by atoms with Crippen LogP contribution in [0.15, 0.2) is 48.6 Å². The summed E-state index contributed by atoms with van der Waals surface area (Å²) in [6, 6.07) is -1.26. The number of hydrogen-bond acceptors (Lipinski definition) is 11. The van der Waals surface area contributed by atoms with Crippen LogP contribution in [0.25, 0.3) is 0 Å². The molecule has 9 N–H and O–H groups in total. The van der Waals surface area contributed by atoms with E-state index in [-0.39, 0.29) is 6.42 Å². The Hall–Kier alpha value is -1.74. The molecule has 1 aliphatic carbocycles. The lowest BCUT2D eigenvalue weighted by Gasteiger charge is -2.41. The Kier molecular flexibility index (Phi) is 43.2. The standard InChI is InChI=1S/C57H106NO12P/c1-3-5-7-9-11-13-14-15-16-17-18-19-20-21-22-23-24-25-26-27-28-29-30-31-32-33-34-35-36-37-38-40-42-44-48(59)46-51(61)58-49(50(60)45-43-41-39-12-10-8-6-4-2)47-69-71(67,68)70-57-55(65)53(63)52(62)54(64)56(57)66/h10,12,20-21,23-24,43,45,48-50,52-57,59-60,62-66H,3-9,11,13-19,22,25-42,44,46-47H2,1-2H3,(H,58,61)(H,67,68)/b12-10+,21-20-,24-23-,45-43+. The van der Waals surface area contributed by atoms with Crippen LogP contribution in [0.4, 0.5) is 0 Å². The maximum atomic E-state index is 13.0. The fourth-order valence-corrected chi connectivity index (χ4v) is 9.95. The van der Waals surface area contributed by atoms with Crippen molar-refractivity contribution in [3.63, 3.8) is 0 Å². The maximum Gasteiger partial charge on any atom is 0.472 e. The molecular weight excluding hydrogens is 922 g/mol. The predicted octanol–water partition coefficient (Wildman–Crippen LogP) is 11.8. The third-order valence-corrected chi connectivity index (χ3v) is 14.6. The number of unbranched alkanes of at least 4 members (excludes halogenated alkanes) is 29. The number of rotatable bonds is 48. The van der Waals surface area contributed by atoms with E-state index in [2.05, 4.69) is 49.5 Å². The molecule has 1 amide bonds. The zero-order chi connectivity index (χ0) is 52.2. The zero-order valence-corrected chi connectivity index (χ0v) is 45.5. The van der Waals surface area contributed by atoms with Gasteiger partial charge in [-0.1, -0.05) is 229 Å². The van der Waals surface area contributed by atoms with Crippen LogP contribution in [0.1, 0.15) is 245 Å². The van der Waals surface area contributed by atoms with Crippen molar-refractivity contribution in [1.29, 1.82) is 0 Å². The minimum absolute atomic E-state index is 0.253. The van der Waals surface area contributed by atoms with Crippen molar-refractivity contribution in [2.75, 3.05) is 6.61 Å². The molecule has 8 unspecified atom stereocenters. The first kappa shape index (κ1) is 67.3. The molecule has 1 rings (SSSR count). The molecule has 8 atom stereocenters. The summed E-state index contributed by atoms with van der Waals surface area (Å²) in [5, 5.41) is 74.4. The van der Waals surface area contributed by atoms with Gasteiger partial charge in [-0.05, 0) is 57.8 Å². The van der Waals surface area contributed by atoms with E-state index in [1.807, 2.05) is 6.08 Å². The molecule has 0 heterocycles. The molecular formula is C57H106NO12P. The quantitative estimate of drug-likeness (QED) is 0.0158. The summed E-state index contributed by atoms with van der Waals surface area (Å²) in [4.78, 5) is 23.4. The van der Waals surface area contributed by atoms with Gasteiger partial charge in [0.2, 0.25) is 5.91 Å². The topological polar surface area (TPSA) is 226 Å². The predicted molar refractivity (Wildman–Crippen MR) is 289 cm³/mol. The van der Waals surface area contributed by atoms with Gasteiger partial charge in [0.25, 0.3) is 0 Å². The Balaban J connectivity index is 2.18. The van der Waals surface area contributed by atoms with E-state index in [1.165, 1.54) is 160 Å². The lowest BCUT2D eigenvalue weighted by Crippen LogP contribution is -2.64. The molecule has 0 saturated heterocycles. The van der Waals surface area contributed by atoms with Crippen molar-refractivity contribution in [3.8, 4) is 0 Å². The van der Waals surface area contributed by atoms with E-state index in [9.17, 15) is 50.0 Å². The number of aliphatic hydroxyl groups excluding tert-OH is 7. The van der Waals surface area contributed by atoms with Crippen LogP contribution in [-0.2, 0) is 18.4 Å². The fourth-order valence-electron chi connectivity index (χ4n) is 8.98. The summed E-state index contributed by atoms with van der Waals surface area (Å²) in [5.41, 5.74) is 0. The first-order chi connectivity index (χ1) is 34.3. The number of allylic oxidation sites excluding steroid dienone is 7. The Morgan fingerprint density at radius 3 is 1.37 bits per heavy atom. The normalized spacial score (nSPS) is 22.0. The number of aliphatic hydroxyl groups is 7. The summed E-state index contributed by atoms with van der Waals surface area (Å²) in [7, 11) is -5.15. The van der Waals surface area contributed by atoms with Crippen LogP contribution < -0.4 is 5.32 Å². The molecule has 1 aliphatic rings. The second kappa shape index (κ2) is 45.6. The summed E-state index contributed by atoms with van der Waals surface area (Å²) in [5.74, 6) is -0.605. The molecule has 1 fully saturated rings. The molecule has 14 heteroatoms. The van der Waals surface area contributed by atoms with E-state index in [1.54, 1.807) is 6.08 Å². The Bertz CT molecular complexity index is 1400. The average Bonchev–Trinajstić information content (AvgIpc) is 3.35. The summed E-state index contributed by atoms with van der Waals surface area (Å²) in [6.45, 7) is 3.65. The first-order valence-electron chi connectivity index (χ1n) is 28.7. The van der Waals surface area contributed by atoms with E-state index in [0.29, 0.717) is 12.8 Å².